The van der Waals surface area contributed by atoms with Gasteiger partial charge in [-0.25, -0.2) is 0 Å². The summed E-state index contributed by atoms with van der Waals surface area (Å²) >= 11 is 0. The topological polar surface area (TPSA) is 55.5 Å². The molecule has 3 nitrogen and oxygen atoms in total. The van der Waals surface area contributed by atoms with E-state index >= 15 is 0 Å². The highest BCUT2D eigenvalue weighted by Crippen LogP contribution is 2.42. The summed E-state index contributed by atoms with van der Waals surface area (Å²) in [5.74, 6) is 0.0877. The second-order valence-electron chi connectivity index (χ2n) is 5.39. The van der Waals surface area contributed by atoms with Crippen molar-refractivity contribution in [2.24, 2.45) is 11.7 Å². The number of hydrogen-bond donors (Lipinski definition) is 2. The molecule has 0 heterocycles. The number of aliphatic hydroxyl groups excluding tert-OH is 1. The van der Waals surface area contributed by atoms with Gasteiger partial charge in [0.05, 0.1) is 12.7 Å². The van der Waals surface area contributed by atoms with E-state index < -0.39 is 6.10 Å². The van der Waals surface area contributed by atoms with Crippen molar-refractivity contribution < 1.29 is 9.84 Å². The SMILES string of the molecule is COCC(C)C(O)C1(CN)CCc2ccccc21. The first-order chi connectivity index (χ1) is 8.65. The van der Waals surface area contributed by atoms with Crippen LogP contribution < -0.4 is 5.73 Å². The van der Waals surface area contributed by atoms with Crippen molar-refractivity contribution in [3.63, 3.8) is 0 Å². The Morgan fingerprint density at radius 3 is 2.83 bits per heavy atom. The molecule has 3 atom stereocenters. The number of nitrogens with two attached hydrogens (primary N) is 1. The fraction of sp³-hybridized carbons (Fsp3) is 0.600. The van der Waals surface area contributed by atoms with Gasteiger partial charge >= 0.3 is 0 Å². The molecular formula is C15H23NO2. The van der Waals surface area contributed by atoms with Crippen LogP contribution in [0.5, 0.6) is 0 Å². The van der Waals surface area contributed by atoms with Gasteiger partial charge in [0.15, 0.2) is 0 Å². The van der Waals surface area contributed by atoms with E-state index in [4.69, 9.17) is 10.5 Å². The van der Waals surface area contributed by atoms with Gasteiger partial charge in [0.2, 0.25) is 0 Å². The van der Waals surface area contributed by atoms with Gasteiger partial charge in [0, 0.05) is 25.0 Å². The molecule has 0 saturated carbocycles. The number of aliphatic hydroxyl groups is 1. The summed E-state index contributed by atoms with van der Waals surface area (Å²) in [6.45, 7) is 3.07. The maximum absolute atomic E-state index is 10.7. The van der Waals surface area contributed by atoms with E-state index in [1.807, 2.05) is 13.0 Å². The normalized spacial score (nSPS) is 25.8. The minimum absolute atomic E-state index is 0.0877. The largest absolute Gasteiger partial charge is 0.392 e. The average Bonchev–Trinajstić information content (AvgIpc) is 2.78. The molecule has 100 valence electrons. The molecule has 0 fully saturated rings. The van der Waals surface area contributed by atoms with Gasteiger partial charge in [-0.1, -0.05) is 31.2 Å². The summed E-state index contributed by atoms with van der Waals surface area (Å²) < 4.78 is 5.16. The Bertz CT molecular complexity index is 407. The van der Waals surface area contributed by atoms with Crippen LogP contribution in [0, 0.1) is 5.92 Å². The quantitative estimate of drug-likeness (QED) is 0.831. The van der Waals surface area contributed by atoms with Crippen LogP contribution in [0.4, 0.5) is 0 Å². The zero-order chi connectivity index (χ0) is 13.2. The van der Waals surface area contributed by atoms with Crippen LogP contribution in [0.25, 0.3) is 0 Å². The average molecular weight is 249 g/mol. The fourth-order valence-corrected chi connectivity index (χ4v) is 3.26. The van der Waals surface area contributed by atoms with Crippen LogP contribution in [0.15, 0.2) is 24.3 Å². The van der Waals surface area contributed by atoms with E-state index in [1.54, 1.807) is 7.11 Å². The molecule has 0 spiro atoms. The lowest BCUT2D eigenvalue weighted by Crippen LogP contribution is -2.48. The van der Waals surface area contributed by atoms with E-state index in [9.17, 15) is 5.11 Å². The van der Waals surface area contributed by atoms with Crippen molar-refractivity contribution in [2.45, 2.75) is 31.3 Å². The summed E-state index contributed by atoms with van der Waals surface area (Å²) in [4.78, 5) is 0. The predicted octanol–water partition coefficient (Wildman–Crippen LogP) is 1.47. The van der Waals surface area contributed by atoms with Crippen molar-refractivity contribution in [2.75, 3.05) is 20.3 Å². The molecule has 0 aliphatic heterocycles. The number of benzene rings is 1. The van der Waals surface area contributed by atoms with Crippen LogP contribution >= 0.6 is 0 Å². The van der Waals surface area contributed by atoms with E-state index in [0.717, 1.165) is 12.8 Å². The summed E-state index contributed by atoms with van der Waals surface area (Å²) in [7, 11) is 1.67. The number of rotatable bonds is 5. The first-order valence-electron chi connectivity index (χ1n) is 6.61. The van der Waals surface area contributed by atoms with Crippen LogP contribution in [0.3, 0.4) is 0 Å². The standard InChI is InChI=1S/C15H23NO2/c1-11(9-18-2)14(17)15(10-16)8-7-12-5-3-4-6-13(12)15/h3-6,11,14,17H,7-10,16H2,1-2H3. The molecule has 0 bridgehead atoms. The van der Waals surface area contributed by atoms with Gasteiger partial charge in [-0.3, -0.25) is 0 Å². The van der Waals surface area contributed by atoms with Crippen LogP contribution in [-0.2, 0) is 16.6 Å². The van der Waals surface area contributed by atoms with E-state index in [0.29, 0.717) is 13.2 Å². The third-order valence-corrected chi connectivity index (χ3v) is 4.29. The Kier molecular flexibility index (Phi) is 4.05. The number of fused-ring (bicyclic) bond motifs is 1. The van der Waals surface area contributed by atoms with Crippen LogP contribution in [0.1, 0.15) is 24.5 Å². The van der Waals surface area contributed by atoms with Crippen molar-refractivity contribution in [1.29, 1.82) is 0 Å². The van der Waals surface area contributed by atoms with Gasteiger partial charge in [-0.05, 0) is 24.0 Å². The third-order valence-electron chi connectivity index (χ3n) is 4.29. The molecule has 1 aliphatic carbocycles. The Balaban J connectivity index is 2.33. The van der Waals surface area contributed by atoms with Crippen LogP contribution in [-0.4, -0.2) is 31.5 Å². The lowest BCUT2D eigenvalue weighted by atomic mass is 9.72. The predicted molar refractivity (Wildman–Crippen MR) is 72.5 cm³/mol. The second kappa shape index (κ2) is 5.39. The number of methoxy groups -OCH3 is 1. The summed E-state index contributed by atoms with van der Waals surface area (Å²) in [5, 5.41) is 10.7. The van der Waals surface area contributed by atoms with E-state index in [-0.39, 0.29) is 11.3 Å². The van der Waals surface area contributed by atoms with Crippen molar-refractivity contribution in [1.82, 2.24) is 0 Å². The van der Waals surface area contributed by atoms with Gasteiger partial charge < -0.3 is 15.6 Å². The lowest BCUT2D eigenvalue weighted by molar-refractivity contribution is 0.00408. The van der Waals surface area contributed by atoms with Crippen molar-refractivity contribution in [3.8, 4) is 0 Å². The fourth-order valence-electron chi connectivity index (χ4n) is 3.26. The number of hydrogen-bond acceptors (Lipinski definition) is 3. The third kappa shape index (κ3) is 2.07. The molecule has 3 heteroatoms. The molecule has 2 rings (SSSR count). The molecule has 0 aromatic heterocycles. The molecule has 0 amide bonds. The van der Waals surface area contributed by atoms with Crippen LogP contribution in [0.2, 0.25) is 0 Å². The lowest BCUT2D eigenvalue weighted by Gasteiger charge is -2.37. The van der Waals surface area contributed by atoms with Gasteiger partial charge in [0.1, 0.15) is 0 Å². The molecule has 1 aromatic carbocycles. The Morgan fingerprint density at radius 2 is 2.17 bits per heavy atom. The Morgan fingerprint density at radius 1 is 1.44 bits per heavy atom. The summed E-state index contributed by atoms with van der Waals surface area (Å²) in [6, 6.07) is 8.33. The monoisotopic (exact) mass is 249 g/mol. The van der Waals surface area contributed by atoms with Crippen molar-refractivity contribution in [3.05, 3.63) is 35.4 Å². The van der Waals surface area contributed by atoms with E-state index in [1.165, 1.54) is 11.1 Å². The number of aryl methyl sites for hydroxylation is 1. The molecule has 0 radical (unpaired) electrons. The molecular weight excluding hydrogens is 226 g/mol. The minimum atomic E-state index is -0.453. The van der Waals surface area contributed by atoms with E-state index in [2.05, 4.69) is 18.2 Å². The van der Waals surface area contributed by atoms with Crippen molar-refractivity contribution >= 4 is 0 Å². The first kappa shape index (κ1) is 13.5. The molecule has 3 unspecified atom stereocenters. The minimum Gasteiger partial charge on any atom is -0.392 e. The summed E-state index contributed by atoms with van der Waals surface area (Å²) in [5.41, 5.74) is 8.27. The maximum atomic E-state index is 10.7. The highest BCUT2D eigenvalue weighted by molar-refractivity contribution is 5.41. The highest BCUT2D eigenvalue weighted by atomic mass is 16.5. The number of ether oxygens (including phenoxy) is 1. The summed E-state index contributed by atoms with van der Waals surface area (Å²) in [6.07, 6.45) is 1.48. The Labute approximate surface area is 109 Å². The molecule has 1 aromatic rings. The van der Waals surface area contributed by atoms with Gasteiger partial charge in [-0.2, -0.15) is 0 Å². The zero-order valence-electron chi connectivity index (χ0n) is 11.2. The molecule has 18 heavy (non-hydrogen) atoms. The molecule has 0 saturated heterocycles. The molecule has 1 aliphatic rings. The van der Waals surface area contributed by atoms with Gasteiger partial charge in [0.25, 0.3) is 0 Å². The second-order valence-corrected chi connectivity index (χ2v) is 5.39. The zero-order valence-corrected chi connectivity index (χ0v) is 11.2. The maximum Gasteiger partial charge on any atom is 0.0696 e. The first-order valence-corrected chi connectivity index (χ1v) is 6.61. The van der Waals surface area contributed by atoms with Gasteiger partial charge in [-0.15, -0.1) is 0 Å². The highest BCUT2D eigenvalue weighted by Gasteiger charge is 2.45. The molecule has 3 N–H and O–H groups in total. The Hall–Kier alpha value is -0.900. The smallest absolute Gasteiger partial charge is 0.0696 e.